The zero-order valence-electron chi connectivity index (χ0n) is 25.7. The molecule has 4 nitrogen and oxygen atoms in total. The highest BCUT2D eigenvalue weighted by atomic mass is 16.5. The molecule has 1 aliphatic heterocycles. The minimum Gasteiger partial charge on any atom is -0.456 e. The fraction of sp³-hybridized carbons (Fsp3) is 0. The van der Waals surface area contributed by atoms with Gasteiger partial charge in [0.1, 0.15) is 11.5 Å². The summed E-state index contributed by atoms with van der Waals surface area (Å²) in [6, 6.07) is 53.6. The Kier molecular flexibility index (Phi) is 5.08. The highest BCUT2D eigenvalue weighted by Crippen LogP contribution is 2.48. The minimum absolute atomic E-state index is 0.639. The van der Waals surface area contributed by atoms with E-state index in [1.54, 1.807) is 0 Å². The lowest BCUT2D eigenvalue weighted by molar-refractivity contribution is 0.486. The summed E-state index contributed by atoms with van der Waals surface area (Å²) in [6.07, 6.45) is 0. The first-order valence-corrected chi connectivity index (χ1v) is 16.3. The van der Waals surface area contributed by atoms with Gasteiger partial charge in [-0.3, -0.25) is 4.57 Å². The van der Waals surface area contributed by atoms with Crippen molar-refractivity contribution < 1.29 is 4.74 Å². The van der Waals surface area contributed by atoms with Crippen LogP contribution in [0.3, 0.4) is 0 Å². The molecule has 0 bridgehead atoms. The molecule has 4 heteroatoms. The number of hydrogen-bond donors (Lipinski definition) is 0. The quantitative estimate of drug-likeness (QED) is 0.183. The third-order valence-electron chi connectivity index (χ3n) is 9.99. The first-order chi connectivity index (χ1) is 23.8. The van der Waals surface area contributed by atoms with Crippen LogP contribution >= 0.6 is 0 Å². The predicted octanol–water partition coefficient (Wildman–Crippen LogP) is 11.6. The van der Waals surface area contributed by atoms with Crippen molar-refractivity contribution in [2.24, 2.45) is 0 Å². The molecule has 1 aliphatic rings. The van der Waals surface area contributed by atoms with Crippen molar-refractivity contribution in [2.45, 2.75) is 0 Å². The second kappa shape index (κ2) is 9.50. The van der Waals surface area contributed by atoms with Crippen LogP contribution in [0.15, 0.2) is 152 Å². The molecule has 0 unspecified atom stereocenters. The van der Waals surface area contributed by atoms with Crippen LogP contribution in [0, 0.1) is 0 Å². The highest BCUT2D eigenvalue weighted by molar-refractivity contribution is 6.29. The van der Waals surface area contributed by atoms with E-state index in [1.807, 2.05) is 30.3 Å². The normalized spacial score (nSPS) is 12.3. The maximum Gasteiger partial charge on any atom is 0.235 e. The number of aromatic nitrogens is 3. The first kappa shape index (κ1) is 25.6. The molecule has 8 aromatic carbocycles. The van der Waals surface area contributed by atoms with E-state index in [9.17, 15) is 0 Å². The van der Waals surface area contributed by atoms with E-state index in [-0.39, 0.29) is 0 Å². The van der Waals surface area contributed by atoms with Gasteiger partial charge < -0.3 is 4.74 Å². The van der Waals surface area contributed by atoms with E-state index in [0.29, 0.717) is 5.95 Å². The van der Waals surface area contributed by atoms with E-state index >= 15 is 0 Å². The summed E-state index contributed by atoms with van der Waals surface area (Å²) in [5, 5.41) is 10.8. The van der Waals surface area contributed by atoms with E-state index in [4.69, 9.17) is 14.7 Å². The molecule has 0 spiro atoms. The minimum atomic E-state index is 0.639. The van der Waals surface area contributed by atoms with Crippen molar-refractivity contribution in [1.29, 1.82) is 0 Å². The molecular formula is C44H25N3O. The average molecular weight is 612 g/mol. The molecule has 0 saturated carbocycles. The molecule has 0 radical (unpaired) electrons. The molecule has 48 heavy (non-hydrogen) atoms. The smallest absolute Gasteiger partial charge is 0.235 e. The van der Waals surface area contributed by atoms with Gasteiger partial charge in [-0.25, -0.2) is 9.97 Å². The lowest BCUT2D eigenvalue weighted by atomic mass is 9.94. The van der Waals surface area contributed by atoms with Crippen molar-refractivity contribution in [2.75, 3.05) is 0 Å². The van der Waals surface area contributed by atoms with Crippen LogP contribution in [0.1, 0.15) is 0 Å². The van der Waals surface area contributed by atoms with Gasteiger partial charge in [-0.1, -0.05) is 115 Å². The van der Waals surface area contributed by atoms with Gasteiger partial charge >= 0.3 is 0 Å². The Labute approximate surface area is 275 Å². The van der Waals surface area contributed by atoms with Crippen molar-refractivity contribution in [3.63, 3.8) is 0 Å². The molecule has 11 rings (SSSR count). The second-order valence-corrected chi connectivity index (χ2v) is 12.5. The molecule has 0 saturated heterocycles. The fourth-order valence-corrected chi connectivity index (χ4v) is 7.89. The van der Waals surface area contributed by atoms with Gasteiger partial charge in [0.25, 0.3) is 0 Å². The van der Waals surface area contributed by atoms with Crippen LogP contribution in [-0.4, -0.2) is 14.5 Å². The van der Waals surface area contributed by atoms with Gasteiger partial charge in [-0.2, -0.15) is 0 Å². The third kappa shape index (κ3) is 3.43. The molecule has 0 amide bonds. The molecule has 2 aromatic heterocycles. The molecular weight excluding hydrogens is 587 g/mol. The Hall–Kier alpha value is -6.52. The van der Waals surface area contributed by atoms with Crippen molar-refractivity contribution >= 4 is 65.0 Å². The molecule has 0 N–H and O–H groups in total. The number of hydrogen-bond acceptors (Lipinski definition) is 3. The lowest BCUT2D eigenvalue weighted by Gasteiger charge is -2.22. The van der Waals surface area contributed by atoms with Gasteiger partial charge in [0, 0.05) is 21.9 Å². The standard InChI is InChI=1S/C44H25N3O/c1-2-10-26(11-3-1)30-23-25-38-41-42(30)45-44(46-43(41)34-15-7-9-17-37(34)48-38)47-35-16-8-6-14-33(35)40-32-21-20-28-19-18-27-12-4-5-13-29(27)39(28)31(32)22-24-36(40)47/h1-25H. The second-order valence-electron chi connectivity index (χ2n) is 12.5. The van der Waals surface area contributed by atoms with Crippen LogP contribution in [-0.2, 0) is 0 Å². The Morgan fingerprint density at radius 1 is 0.417 bits per heavy atom. The Morgan fingerprint density at radius 3 is 2.08 bits per heavy atom. The highest BCUT2D eigenvalue weighted by Gasteiger charge is 2.26. The first-order valence-electron chi connectivity index (χ1n) is 16.3. The topological polar surface area (TPSA) is 39.9 Å². The maximum absolute atomic E-state index is 6.44. The molecule has 3 heterocycles. The van der Waals surface area contributed by atoms with Gasteiger partial charge in [-0.15, -0.1) is 0 Å². The number of para-hydroxylation sites is 2. The molecule has 0 aliphatic carbocycles. The van der Waals surface area contributed by atoms with Gasteiger partial charge in [-0.05, 0) is 74.3 Å². The summed E-state index contributed by atoms with van der Waals surface area (Å²) >= 11 is 0. The summed E-state index contributed by atoms with van der Waals surface area (Å²) in [7, 11) is 0. The number of rotatable bonds is 2. The zero-order chi connectivity index (χ0) is 31.3. The van der Waals surface area contributed by atoms with Crippen LogP contribution in [0.5, 0.6) is 11.5 Å². The molecule has 0 atom stereocenters. The predicted molar refractivity (Wildman–Crippen MR) is 197 cm³/mol. The maximum atomic E-state index is 6.44. The van der Waals surface area contributed by atoms with Gasteiger partial charge in [0.05, 0.1) is 27.6 Å². The summed E-state index contributed by atoms with van der Waals surface area (Å²) in [6.45, 7) is 0. The number of nitrogens with zero attached hydrogens (tertiary/aromatic N) is 3. The lowest BCUT2D eigenvalue weighted by Crippen LogP contribution is -2.07. The average Bonchev–Trinajstić information content (AvgIpc) is 3.49. The van der Waals surface area contributed by atoms with Gasteiger partial charge in [0.15, 0.2) is 0 Å². The molecule has 222 valence electrons. The van der Waals surface area contributed by atoms with Crippen LogP contribution in [0.2, 0.25) is 0 Å². The number of ether oxygens (including phenoxy) is 1. The van der Waals surface area contributed by atoms with Gasteiger partial charge in [0.2, 0.25) is 5.95 Å². The fourth-order valence-electron chi connectivity index (χ4n) is 7.89. The van der Waals surface area contributed by atoms with Crippen molar-refractivity contribution in [3.8, 4) is 39.8 Å². The van der Waals surface area contributed by atoms with E-state index in [1.165, 1.54) is 43.1 Å². The van der Waals surface area contributed by atoms with Crippen molar-refractivity contribution in [1.82, 2.24) is 14.5 Å². The number of fused-ring (bicyclic) bond motifs is 11. The summed E-state index contributed by atoms with van der Waals surface area (Å²) in [4.78, 5) is 10.8. The monoisotopic (exact) mass is 611 g/mol. The molecule has 10 aromatic rings. The zero-order valence-corrected chi connectivity index (χ0v) is 25.7. The summed E-state index contributed by atoms with van der Waals surface area (Å²) < 4.78 is 8.68. The van der Waals surface area contributed by atoms with Crippen LogP contribution < -0.4 is 4.74 Å². The largest absolute Gasteiger partial charge is 0.456 e. The Bertz CT molecular complexity index is 2980. The third-order valence-corrected chi connectivity index (χ3v) is 9.99. The summed E-state index contributed by atoms with van der Waals surface area (Å²) in [5.41, 5.74) is 7.02. The SMILES string of the molecule is c1ccc(-c2ccc3c4c(nc(-n5c6ccccc6c6c7ccc8ccc9ccccc9c8c7ccc65)nc24)-c2ccccc2O3)cc1. The van der Waals surface area contributed by atoms with Crippen LogP contribution in [0.25, 0.3) is 93.4 Å². The van der Waals surface area contributed by atoms with E-state index < -0.39 is 0 Å². The Balaban J connectivity index is 1.29. The van der Waals surface area contributed by atoms with Crippen LogP contribution in [0.4, 0.5) is 0 Å². The summed E-state index contributed by atoms with van der Waals surface area (Å²) in [5.74, 6) is 2.22. The number of benzene rings is 8. The van der Waals surface area contributed by atoms with E-state index in [0.717, 1.165) is 55.8 Å². The Morgan fingerprint density at radius 2 is 1.15 bits per heavy atom. The van der Waals surface area contributed by atoms with E-state index in [2.05, 4.69) is 126 Å². The molecule has 0 fully saturated rings. The van der Waals surface area contributed by atoms with Crippen molar-refractivity contribution in [3.05, 3.63) is 152 Å².